The van der Waals surface area contributed by atoms with Crippen LogP contribution in [0.2, 0.25) is 0 Å². The normalized spacial score (nSPS) is 13.2. The monoisotopic (exact) mass is 379 g/mol. The fourth-order valence-corrected chi connectivity index (χ4v) is 2.52. The lowest BCUT2D eigenvalue weighted by Gasteiger charge is -2.30. The van der Waals surface area contributed by atoms with Crippen molar-refractivity contribution in [2.24, 2.45) is 11.1 Å². The Morgan fingerprint density at radius 3 is 2.39 bits per heavy atom. The zero-order chi connectivity index (χ0) is 14.1. The summed E-state index contributed by atoms with van der Waals surface area (Å²) in [5.74, 6) is -0.407. The number of hydrogen-bond donors (Lipinski definition) is 2. The lowest BCUT2D eigenvalue weighted by atomic mass is 9.80. The Hall–Kier alpha value is -0.590. The number of hydrogen-bond acceptors (Lipinski definition) is 4. The summed E-state index contributed by atoms with van der Waals surface area (Å²) in [6.07, 6.45) is 0. The van der Waals surface area contributed by atoms with Gasteiger partial charge in [-0.15, -0.1) is 0 Å². The van der Waals surface area contributed by atoms with Crippen LogP contribution in [-0.4, -0.2) is 18.2 Å². The highest BCUT2D eigenvalue weighted by Gasteiger charge is 2.39. The van der Waals surface area contributed by atoms with E-state index in [4.69, 9.17) is 10.5 Å². The lowest BCUT2D eigenvalue weighted by molar-refractivity contribution is -0.152. The summed E-state index contributed by atoms with van der Waals surface area (Å²) in [4.78, 5) is 11.7. The van der Waals surface area contributed by atoms with Crippen LogP contribution in [0.3, 0.4) is 0 Å². The average Bonchev–Trinajstić information content (AvgIpc) is 2.33. The minimum atomic E-state index is -0.949. The van der Waals surface area contributed by atoms with E-state index in [0.717, 1.165) is 0 Å². The molecule has 100 valence electrons. The van der Waals surface area contributed by atoms with Crippen molar-refractivity contribution in [3.63, 3.8) is 0 Å². The SMILES string of the molecule is COC(=O)C(C)(C)[C@@H](N)c1c(Br)ccc(Br)c1O. The topological polar surface area (TPSA) is 72.5 Å². The zero-order valence-electron chi connectivity index (χ0n) is 10.3. The Morgan fingerprint density at radius 1 is 1.39 bits per heavy atom. The summed E-state index contributed by atoms with van der Waals surface area (Å²) in [5.41, 5.74) is 5.63. The van der Waals surface area contributed by atoms with Crippen molar-refractivity contribution < 1.29 is 14.6 Å². The van der Waals surface area contributed by atoms with Crippen LogP contribution in [0.1, 0.15) is 25.5 Å². The van der Waals surface area contributed by atoms with Gasteiger partial charge in [-0.25, -0.2) is 0 Å². The van der Waals surface area contributed by atoms with Gasteiger partial charge in [0.25, 0.3) is 0 Å². The first-order valence-corrected chi connectivity index (χ1v) is 6.83. The van der Waals surface area contributed by atoms with Crippen molar-refractivity contribution in [3.8, 4) is 5.75 Å². The van der Waals surface area contributed by atoms with E-state index >= 15 is 0 Å². The molecule has 0 aliphatic heterocycles. The first-order valence-electron chi connectivity index (χ1n) is 5.24. The molecule has 0 aromatic heterocycles. The van der Waals surface area contributed by atoms with Crippen LogP contribution in [0.25, 0.3) is 0 Å². The second-order valence-electron chi connectivity index (χ2n) is 4.48. The van der Waals surface area contributed by atoms with Crippen molar-refractivity contribution in [1.29, 1.82) is 0 Å². The number of ether oxygens (including phenoxy) is 1. The predicted octanol–water partition coefficient (Wildman–Crippen LogP) is 3.12. The number of aromatic hydroxyl groups is 1. The molecule has 0 spiro atoms. The van der Waals surface area contributed by atoms with E-state index in [1.54, 1.807) is 26.0 Å². The maximum Gasteiger partial charge on any atom is 0.313 e. The molecule has 18 heavy (non-hydrogen) atoms. The summed E-state index contributed by atoms with van der Waals surface area (Å²) in [5, 5.41) is 10.1. The maximum absolute atomic E-state index is 11.7. The minimum absolute atomic E-state index is 0.0221. The number of carbonyl (C=O) groups excluding carboxylic acids is 1. The Bertz CT molecular complexity index is 475. The smallest absolute Gasteiger partial charge is 0.313 e. The van der Waals surface area contributed by atoms with Crippen molar-refractivity contribution >= 4 is 37.8 Å². The van der Waals surface area contributed by atoms with Gasteiger partial charge in [-0.1, -0.05) is 15.9 Å². The van der Waals surface area contributed by atoms with Crippen molar-refractivity contribution in [3.05, 3.63) is 26.6 Å². The van der Waals surface area contributed by atoms with Gasteiger partial charge in [0.2, 0.25) is 0 Å². The lowest BCUT2D eigenvalue weighted by Crippen LogP contribution is -2.37. The molecule has 1 rings (SSSR count). The van der Waals surface area contributed by atoms with Gasteiger partial charge in [-0.05, 0) is 41.9 Å². The summed E-state index contributed by atoms with van der Waals surface area (Å²) in [6, 6.07) is 2.75. The van der Waals surface area contributed by atoms with Crippen LogP contribution in [0.5, 0.6) is 5.75 Å². The number of halogens is 2. The molecule has 0 fully saturated rings. The molecule has 3 N–H and O–H groups in total. The number of phenols is 1. The molecule has 0 saturated carbocycles. The molecule has 4 nitrogen and oxygen atoms in total. The molecule has 0 aliphatic rings. The van der Waals surface area contributed by atoms with E-state index in [1.165, 1.54) is 7.11 Å². The molecule has 1 atom stereocenters. The van der Waals surface area contributed by atoms with E-state index in [-0.39, 0.29) is 5.75 Å². The van der Waals surface area contributed by atoms with Crippen molar-refractivity contribution in [1.82, 2.24) is 0 Å². The average molecular weight is 381 g/mol. The van der Waals surface area contributed by atoms with Gasteiger partial charge in [-0.3, -0.25) is 4.79 Å². The number of phenolic OH excluding ortho intramolecular Hbond substituents is 1. The Balaban J connectivity index is 3.31. The Labute approximate surface area is 123 Å². The highest BCUT2D eigenvalue weighted by Crippen LogP contribution is 2.43. The summed E-state index contributed by atoms with van der Waals surface area (Å²) >= 11 is 6.56. The molecule has 1 aromatic rings. The van der Waals surface area contributed by atoms with E-state index in [1.807, 2.05) is 0 Å². The first kappa shape index (κ1) is 15.5. The predicted molar refractivity (Wildman–Crippen MR) is 76.2 cm³/mol. The van der Waals surface area contributed by atoms with Gasteiger partial charge >= 0.3 is 5.97 Å². The third kappa shape index (κ3) is 2.70. The first-order chi connectivity index (χ1) is 8.23. The molecule has 6 heteroatoms. The number of methoxy groups -OCH3 is 1. The van der Waals surface area contributed by atoms with Crippen LogP contribution >= 0.6 is 31.9 Å². The molecular formula is C12H15Br2NO3. The van der Waals surface area contributed by atoms with Crippen molar-refractivity contribution in [2.75, 3.05) is 7.11 Å². The highest BCUT2D eigenvalue weighted by molar-refractivity contribution is 9.11. The molecule has 0 bridgehead atoms. The molecule has 0 aliphatic carbocycles. The van der Waals surface area contributed by atoms with Gasteiger partial charge in [-0.2, -0.15) is 0 Å². The number of nitrogens with two attached hydrogens (primary N) is 1. The minimum Gasteiger partial charge on any atom is -0.506 e. The van der Waals surface area contributed by atoms with Crippen LogP contribution in [0.4, 0.5) is 0 Å². The second kappa shape index (κ2) is 5.59. The van der Waals surface area contributed by atoms with Crippen LogP contribution in [0.15, 0.2) is 21.1 Å². The molecule has 0 saturated heterocycles. The van der Waals surface area contributed by atoms with Gasteiger partial charge in [0.05, 0.1) is 23.0 Å². The number of rotatable bonds is 3. The highest BCUT2D eigenvalue weighted by atomic mass is 79.9. The van der Waals surface area contributed by atoms with Crippen LogP contribution in [0, 0.1) is 5.41 Å². The number of benzene rings is 1. The Kier molecular flexibility index (Phi) is 4.80. The van der Waals surface area contributed by atoms with Crippen LogP contribution in [-0.2, 0) is 9.53 Å². The summed E-state index contributed by atoms with van der Waals surface area (Å²) in [7, 11) is 1.31. The van der Waals surface area contributed by atoms with Crippen LogP contribution < -0.4 is 5.73 Å². The van der Waals surface area contributed by atoms with E-state index < -0.39 is 17.4 Å². The third-order valence-corrected chi connectivity index (χ3v) is 4.25. The molecular weight excluding hydrogens is 366 g/mol. The number of esters is 1. The summed E-state index contributed by atoms with van der Waals surface area (Å²) in [6.45, 7) is 3.35. The zero-order valence-corrected chi connectivity index (χ0v) is 13.5. The standard InChI is InChI=1S/C12H15Br2NO3/c1-12(2,11(17)18-3)10(15)8-6(13)4-5-7(14)9(8)16/h4-5,10,16H,15H2,1-3H3/t10-/m0/s1. The quantitative estimate of drug-likeness (QED) is 0.790. The van der Waals surface area contributed by atoms with Gasteiger partial charge in [0, 0.05) is 10.0 Å². The van der Waals surface area contributed by atoms with Gasteiger partial charge < -0.3 is 15.6 Å². The number of carbonyl (C=O) groups is 1. The molecule has 0 unspecified atom stereocenters. The fraction of sp³-hybridized carbons (Fsp3) is 0.417. The Morgan fingerprint density at radius 2 is 1.89 bits per heavy atom. The van der Waals surface area contributed by atoms with Gasteiger partial charge in [0.15, 0.2) is 0 Å². The van der Waals surface area contributed by atoms with E-state index in [2.05, 4.69) is 31.9 Å². The maximum atomic E-state index is 11.7. The molecule has 0 heterocycles. The van der Waals surface area contributed by atoms with Gasteiger partial charge in [0.1, 0.15) is 5.75 Å². The summed E-state index contributed by atoms with van der Waals surface area (Å²) < 4.78 is 5.91. The van der Waals surface area contributed by atoms with E-state index in [9.17, 15) is 9.90 Å². The second-order valence-corrected chi connectivity index (χ2v) is 6.19. The molecule has 0 radical (unpaired) electrons. The largest absolute Gasteiger partial charge is 0.506 e. The van der Waals surface area contributed by atoms with E-state index in [0.29, 0.717) is 14.5 Å². The third-order valence-electron chi connectivity index (χ3n) is 2.91. The molecule has 1 aromatic carbocycles. The molecule has 0 amide bonds. The van der Waals surface area contributed by atoms with Crippen molar-refractivity contribution in [2.45, 2.75) is 19.9 Å². The fourth-order valence-electron chi connectivity index (χ4n) is 1.60.